The highest BCUT2D eigenvalue weighted by atomic mass is 32.2. The second-order valence-corrected chi connectivity index (χ2v) is 6.28. The average Bonchev–Trinajstić information content (AvgIpc) is 2.20. The number of hydrogen-bond acceptors (Lipinski definition) is 4. The Morgan fingerprint density at radius 2 is 1.87 bits per heavy atom. The molecule has 4 nitrogen and oxygen atoms in total. The molecule has 0 aliphatic rings. The third kappa shape index (κ3) is 10.5. The lowest BCUT2D eigenvalue weighted by Crippen LogP contribution is -2.28. The molecule has 0 radical (unpaired) electrons. The smallest absolute Gasteiger partial charge is 0.211 e. The highest BCUT2D eigenvalue weighted by Crippen LogP contribution is 1.96. The van der Waals surface area contributed by atoms with E-state index in [9.17, 15) is 8.42 Å². The van der Waals surface area contributed by atoms with Crippen molar-refractivity contribution in [2.75, 3.05) is 37.9 Å². The Morgan fingerprint density at radius 1 is 1.13 bits per heavy atom. The third-order valence-corrected chi connectivity index (χ3v) is 4.10. The van der Waals surface area contributed by atoms with Gasteiger partial charge in [0.1, 0.15) is 0 Å². The van der Waals surface area contributed by atoms with Gasteiger partial charge in [-0.2, -0.15) is 11.8 Å². The fourth-order valence-electron chi connectivity index (χ4n) is 1.11. The van der Waals surface area contributed by atoms with Gasteiger partial charge in [0, 0.05) is 6.54 Å². The Morgan fingerprint density at radius 3 is 2.47 bits per heavy atom. The summed E-state index contributed by atoms with van der Waals surface area (Å²) in [5.41, 5.74) is 0. The lowest BCUT2D eigenvalue weighted by Gasteiger charge is -2.05. The van der Waals surface area contributed by atoms with Crippen LogP contribution in [0.1, 0.15) is 19.3 Å². The minimum absolute atomic E-state index is 0.244. The van der Waals surface area contributed by atoms with Crippen molar-refractivity contribution in [3.63, 3.8) is 0 Å². The van der Waals surface area contributed by atoms with Gasteiger partial charge in [0.25, 0.3) is 0 Å². The van der Waals surface area contributed by atoms with E-state index in [1.807, 2.05) is 13.3 Å². The summed E-state index contributed by atoms with van der Waals surface area (Å²) < 4.78 is 25.4. The van der Waals surface area contributed by atoms with E-state index in [0.29, 0.717) is 6.54 Å². The van der Waals surface area contributed by atoms with E-state index >= 15 is 0 Å². The van der Waals surface area contributed by atoms with Crippen LogP contribution in [0.5, 0.6) is 0 Å². The van der Waals surface area contributed by atoms with Crippen molar-refractivity contribution in [2.24, 2.45) is 0 Å². The second kappa shape index (κ2) is 9.45. The highest BCUT2D eigenvalue weighted by molar-refractivity contribution is 7.98. The fraction of sp³-hybridized carbons (Fsp3) is 1.00. The van der Waals surface area contributed by atoms with Gasteiger partial charge in [-0.25, -0.2) is 13.1 Å². The van der Waals surface area contributed by atoms with Gasteiger partial charge >= 0.3 is 0 Å². The second-order valence-electron chi connectivity index (χ2n) is 3.37. The zero-order chi connectivity index (χ0) is 11.6. The van der Waals surface area contributed by atoms with E-state index in [2.05, 4.69) is 10.0 Å². The van der Waals surface area contributed by atoms with Crippen LogP contribution in [0.4, 0.5) is 0 Å². The molecule has 0 aliphatic carbocycles. The molecule has 0 saturated carbocycles. The first-order valence-electron chi connectivity index (χ1n) is 5.23. The molecule has 2 N–H and O–H groups in total. The van der Waals surface area contributed by atoms with Crippen molar-refractivity contribution in [1.82, 2.24) is 10.0 Å². The zero-order valence-corrected chi connectivity index (χ0v) is 11.2. The summed E-state index contributed by atoms with van der Waals surface area (Å²) in [6.45, 7) is 1.44. The normalized spacial score (nSPS) is 11.9. The monoisotopic (exact) mass is 254 g/mol. The Kier molecular flexibility index (Phi) is 9.58. The maximum atomic E-state index is 11.4. The lowest BCUT2D eigenvalue weighted by atomic mass is 10.3. The van der Waals surface area contributed by atoms with Crippen LogP contribution in [-0.4, -0.2) is 46.3 Å². The van der Waals surface area contributed by atoms with Crippen molar-refractivity contribution in [1.29, 1.82) is 0 Å². The number of unbranched alkanes of at least 4 members (excludes halogenated alkanes) is 1. The van der Waals surface area contributed by atoms with Crippen LogP contribution in [0, 0.1) is 0 Å². The van der Waals surface area contributed by atoms with E-state index in [1.165, 1.54) is 0 Å². The zero-order valence-electron chi connectivity index (χ0n) is 9.58. The highest BCUT2D eigenvalue weighted by Gasteiger charge is 2.07. The van der Waals surface area contributed by atoms with Crippen LogP contribution in [0.2, 0.25) is 0 Å². The van der Waals surface area contributed by atoms with E-state index in [-0.39, 0.29) is 5.75 Å². The third-order valence-electron chi connectivity index (χ3n) is 1.94. The summed E-state index contributed by atoms with van der Waals surface area (Å²) in [7, 11) is -1.16. The van der Waals surface area contributed by atoms with Crippen LogP contribution in [-0.2, 0) is 10.0 Å². The number of sulfonamides is 1. The van der Waals surface area contributed by atoms with E-state index < -0.39 is 10.0 Å². The van der Waals surface area contributed by atoms with Crippen LogP contribution >= 0.6 is 11.8 Å². The summed E-state index contributed by atoms with van der Waals surface area (Å²) in [6, 6.07) is 0. The summed E-state index contributed by atoms with van der Waals surface area (Å²) >= 11 is 1.73. The molecule has 6 heteroatoms. The summed E-state index contributed by atoms with van der Waals surface area (Å²) in [4.78, 5) is 0. The van der Waals surface area contributed by atoms with Gasteiger partial charge in [-0.1, -0.05) is 0 Å². The van der Waals surface area contributed by atoms with Crippen molar-refractivity contribution in [2.45, 2.75) is 19.3 Å². The Labute approximate surface area is 97.6 Å². The summed E-state index contributed by atoms with van der Waals surface area (Å²) in [6.07, 6.45) is 4.55. The van der Waals surface area contributed by atoms with Crippen LogP contribution in [0.15, 0.2) is 0 Å². The molecule has 0 heterocycles. The number of thioether (sulfide) groups is 1. The largest absolute Gasteiger partial charge is 0.320 e. The number of rotatable bonds is 10. The molecule has 0 amide bonds. The Bertz CT molecular complexity index is 212. The van der Waals surface area contributed by atoms with Crippen LogP contribution in [0.3, 0.4) is 0 Å². The van der Waals surface area contributed by atoms with Gasteiger partial charge in [0.2, 0.25) is 10.0 Å². The Balaban J connectivity index is 3.50. The Hall–Kier alpha value is 0.220. The topological polar surface area (TPSA) is 58.2 Å². The van der Waals surface area contributed by atoms with Crippen molar-refractivity contribution >= 4 is 21.8 Å². The molecule has 0 aromatic rings. The first-order valence-corrected chi connectivity index (χ1v) is 8.28. The van der Waals surface area contributed by atoms with Gasteiger partial charge < -0.3 is 5.32 Å². The van der Waals surface area contributed by atoms with Gasteiger partial charge in [-0.15, -0.1) is 0 Å². The first kappa shape index (κ1) is 15.2. The van der Waals surface area contributed by atoms with E-state index in [0.717, 1.165) is 31.6 Å². The summed E-state index contributed by atoms with van der Waals surface area (Å²) in [5.74, 6) is 1.25. The van der Waals surface area contributed by atoms with Gasteiger partial charge in [-0.05, 0) is 44.9 Å². The molecular weight excluding hydrogens is 232 g/mol. The predicted octanol–water partition coefficient (Wildman–Crippen LogP) is 0.659. The molecule has 0 saturated heterocycles. The quantitative estimate of drug-likeness (QED) is 0.562. The molecule has 0 spiro atoms. The van der Waals surface area contributed by atoms with Gasteiger partial charge in [0.15, 0.2) is 0 Å². The predicted molar refractivity (Wildman–Crippen MR) is 67.9 cm³/mol. The molecule has 92 valence electrons. The number of hydrogen-bond donors (Lipinski definition) is 2. The lowest BCUT2D eigenvalue weighted by molar-refractivity contribution is 0.575. The number of nitrogens with one attached hydrogen (secondary N) is 2. The standard InChI is InChI=1S/C9H22N2O2S2/c1-10-6-3-4-9-15(12,13)11-7-5-8-14-2/h10-11H,3-9H2,1-2H3. The average molecular weight is 254 g/mol. The maximum Gasteiger partial charge on any atom is 0.211 e. The van der Waals surface area contributed by atoms with Crippen LogP contribution in [0.25, 0.3) is 0 Å². The maximum absolute atomic E-state index is 11.4. The molecule has 0 aromatic heterocycles. The molecule has 0 fully saturated rings. The molecule has 15 heavy (non-hydrogen) atoms. The van der Waals surface area contributed by atoms with Crippen molar-refractivity contribution in [3.05, 3.63) is 0 Å². The molecule has 0 rings (SSSR count). The fourth-order valence-corrected chi connectivity index (χ4v) is 2.73. The van der Waals surface area contributed by atoms with E-state index in [4.69, 9.17) is 0 Å². The first-order chi connectivity index (χ1) is 7.12. The van der Waals surface area contributed by atoms with E-state index in [1.54, 1.807) is 11.8 Å². The SMILES string of the molecule is CNCCCCS(=O)(=O)NCCCSC. The molecule has 0 bridgehead atoms. The minimum Gasteiger partial charge on any atom is -0.320 e. The van der Waals surface area contributed by atoms with Crippen molar-refractivity contribution < 1.29 is 8.42 Å². The van der Waals surface area contributed by atoms with Gasteiger partial charge in [-0.3, -0.25) is 0 Å². The molecule has 0 aliphatic heterocycles. The van der Waals surface area contributed by atoms with Gasteiger partial charge in [0.05, 0.1) is 5.75 Å². The summed E-state index contributed by atoms with van der Waals surface area (Å²) in [5, 5.41) is 3.00. The van der Waals surface area contributed by atoms with Crippen LogP contribution < -0.4 is 10.0 Å². The van der Waals surface area contributed by atoms with Crippen molar-refractivity contribution in [3.8, 4) is 0 Å². The molecule has 0 atom stereocenters. The molecule has 0 unspecified atom stereocenters. The molecular formula is C9H22N2O2S2. The molecule has 0 aromatic carbocycles. The minimum atomic E-state index is -3.03.